The predicted molar refractivity (Wildman–Crippen MR) is 110 cm³/mol. The minimum atomic E-state index is -0.503. The summed E-state index contributed by atoms with van der Waals surface area (Å²) in [6, 6.07) is 6.10. The summed E-state index contributed by atoms with van der Waals surface area (Å²) in [7, 11) is 3.31. The average molecular weight is 390 g/mol. The lowest BCUT2D eigenvalue weighted by Gasteiger charge is -2.31. The molecule has 0 atom stereocenters. The molecule has 1 fully saturated rings. The smallest absolute Gasteiger partial charge is 0.276 e. The fourth-order valence-electron chi connectivity index (χ4n) is 3.80. The van der Waals surface area contributed by atoms with Crippen LogP contribution in [-0.2, 0) is 11.3 Å². The lowest BCUT2D eigenvalue weighted by Crippen LogP contribution is -3.28. The number of ether oxygens (including phenoxy) is 2. The Morgan fingerprint density at radius 2 is 1.71 bits per heavy atom. The van der Waals surface area contributed by atoms with Crippen LogP contribution in [-0.4, -0.2) is 58.4 Å². The molecule has 3 N–H and O–H groups in total. The molecule has 0 bridgehead atoms. The Balaban J connectivity index is 1.83. The third kappa shape index (κ3) is 5.63. The van der Waals surface area contributed by atoms with E-state index in [-0.39, 0.29) is 5.91 Å². The van der Waals surface area contributed by atoms with Crippen molar-refractivity contribution in [3.63, 3.8) is 0 Å². The lowest BCUT2D eigenvalue weighted by molar-refractivity contribution is -1.02. The lowest BCUT2D eigenvalue weighted by atomic mass is 9.94. The van der Waals surface area contributed by atoms with Gasteiger partial charge in [0.2, 0.25) is 0 Å². The van der Waals surface area contributed by atoms with Crippen molar-refractivity contribution in [2.45, 2.75) is 38.8 Å². The van der Waals surface area contributed by atoms with E-state index < -0.39 is 5.54 Å². The number of carbonyl (C=O) groups is 1. The zero-order valence-electron chi connectivity index (χ0n) is 17.7. The molecule has 0 saturated carbocycles. The number of methoxy groups -OCH3 is 2. The Labute approximate surface area is 169 Å². The van der Waals surface area contributed by atoms with Gasteiger partial charge < -0.3 is 24.6 Å². The van der Waals surface area contributed by atoms with Crippen LogP contribution in [0.3, 0.4) is 0 Å². The Hall–Kier alpha value is -2.23. The van der Waals surface area contributed by atoms with Gasteiger partial charge in [-0.15, -0.1) is 6.42 Å². The zero-order chi connectivity index (χ0) is 20.6. The van der Waals surface area contributed by atoms with E-state index in [9.17, 15) is 4.79 Å². The van der Waals surface area contributed by atoms with Gasteiger partial charge in [-0.05, 0) is 31.0 Å². The molecule has 154 valence electrons. The van der Waals surface area contributed by atoms with Gasteiger partial charge in [0, 0.05) is 5.56 Å². The molecule has 6 heteroatoms. The molecule has 0 unspecified atom stereocenters. The molecule has 1 heterocycles. The van der Waals surface area contributed by atoms with Crippen LogP contribution in [0, 0.1) is 12.3 Å². The predicted octanol–water partition coefficient (Wildman–Crippen LogP) is -0.705. The molecule has 0 aliphatic carbocycles. The SMILES string of the molecule is C#CC(CC)(CC)NC(=O)C[NH+]1CC[NH+](Cc2ccc(OC)c(OC)c2)CC1. The number of hydrogen-bond donors (Lipinski definition) is 3. The first-order valence-corrected chi connectivity index (χ1v) is 10.2. The van der Waals surface area contributed by atoms with E-state index in [1.54, 1.807) is 14.2 Å². The van der Waals surface area contributed by atoms with E-state index in [1.807, 2.05) is 26.0 Å². The summed E-state index contributed by atoms with van der Waals surface area (Å²) in [5.74, 6) is 4.35. The normalized spacial score (nSPS) is 19.5. The standard InChI is InChI=1S/C22H33N3O3/c1-6-22(7-2,8-3)23-21(26)17-25-13-11-24(12-14-25)16-18-9-10-19(27-4)20(15-18)28-5/h1,9-10,15H,7-8,11-14,16-17H2,2-5H3,(H,23,26)/p+2. The Morgan fingerprint density at radius 3 is 2.25 bits per heavy atom. The highest BCUT2D eigenvalue weighted by molar-refractivity contribution is 5.78. The number of hydrogen-bond acceptors (Lipinski definition) is 3. The maximum absolute atomic E-state index is 12.4. The molecule has 1 aromatic rings. The van der Waals surface area contributed by atoms with Crippen molar-refractivity contribution in [3.05, 3.63) is 23.8 Å². The molecule has 1 amide bonds. The minimum Gasteiger partial charge on any atom is -0.493 e. The van der Waals surface area contributed by atoms with Crippen molar-refractivity contribution < 1.29 is 24.1 Å². The summed E-state index contributed by atoms with van der Waals surface area (Å²) in [6.45, 7) is 9.53. The number of carbonyl (C=O) groups excluding carboxylic acids is 1. The quantitative estimate of drug-likeness (QED) is 0.490. The first-order valence-electron chi connectivity index (χ1n) is 10.2. The highest BCUT2D eigenvalue weighted by Crippen LogP contribution is 2.27. The van der Waals surface area contributed by atoms with Crippen molar-refractivity contribution in [3.8, 4) is 23.8 Å². The van der Waals surface area contributed by atoms with E-state index in [1.165, 1.54) is 15.4 Å². The summed E-state index contributed by atoms with van der Waals surface area (Å²) in [5.41, 5.74) is 0.732. The van der Waals surface area contributed by atoms with Gasteiger partial charge in [-0.1, -0.05) is 19.8 Å². The third-order valence-electron chi connectivity index (χ3n) is 5.84. The van der Waals surface area contributed by atoms with Gasteiger partial charge in [0.1, 0.15) is 38.3 Å². The number of benzene rings is 1. The van der Waals surface area contributed by atoms with E-state index in [0.29, 0.717) is 6.54 Å². The van der Waals surface area contributed by atoms with E-state index >= 15 is 0 Å². The highest BCUT2D eigenvalue weighted by Gasteiger charge is 2.29. The van der Waals surface area contributed by atoms with Crippen LogP contribution in [0.1, 0.15) is 32.3 Å². The minimum absolute atomic E-state index is 0.0555. The van der Waals surface area contributed by atoms with Crippen LogP contribution < -0.4 is 24.6 Å². The molecule has 28 heavy (non-hydrogen) atoms. The molecule has 1 aromatic carbocycles. The van der Waals surface area contributed by atoms with Crippen molar-refractivity contribution in [2.24, 2.45) is 0 Å². The highest BCUT2D eigenvalue weighted by atomic mass is 16.5. The van der Waals surface area contributed by atoms with Crippen molar-refractivity contribution in [1.29, 1.82) is 0 Å². The van der Waals surface area contributed by atoms with Gasteiger partial charge in [-0.3, -0.25) is 4.79 Å². The van der Waals surface area contributed by atoms with Crippen LogP contribution in [0.4, 0.5) is 0 Å². The molecule has 0 radical (unpaired) electrons. The molecule has 1 saturated heterocycles. The summed E-state index contributed by atoms with van der Waals surface area (Å²) in [5, 5.41) is 3.07. The van der Waals surface area contributed by atoms with Crippen molar-refractivity contribution in [1.82, 2.24) is 5.32 Å². The monoisotopic (exact) mass is 389 g/mol. The molecular formula is C22H35N3O3+2. The number of piperazine rings is 1. The maximum atomic E-state index is 12.4. The van der Waals surface area contributed by atoms with Gasteiger partial charge in [-0.2, -0.15) is 0 Å². The Bertz CT molecular complexity index is 687. The molecule has 1 aliphatic rings. The van der Waals surface area contributed by atoms with Crippen LogP contribution in [0.25, 0.3) is 0 Å². The summed E-state index contributed by atoms with van der Waals surface area (Å²) in [6.07, 6.45) is 7.16. The first-order chi connectivity index (χ1) is 13.5. The van der Waals surface area contributed by atoms with Crippen LogP contribution in [0.15, 0.2) is 18.2 Å². The molecule has 0 aromatic heterocycles. The average Bonchev–Trinajstić information content (AvgIpc) is 2.73. The van der Waals surface area contributed by atoms with Gasteiger partial charge in [0.05, 0.1) is 14.2 Å². The van der Waals surface area contributed by atoms with Crippen LogP contribution in [0.2, 0.25) is 0 Å². The molecule has 2 rings (SSSR count). The molecule has 1 aliphatic heterocycles. The van der Waals surface area contributed by atoms with Crippen LogP contribution >= 0.6 is 0 Å². The summed E-state index contributed by atoms with van der Waals surface area (Å²) < 4.78 is 10.7. The second kappa shape index (κ2) is 10.4. The Kier molecular flexibility index (Phi) is 8.16. The van der Waals surface area contributed by atoms with E-state index in [4.69, 9.17) is 15.9 Å². The van der Waals surface area contributed by atoms with Crippen molar-refractivity contribution in [2.75, 3.05) is 46.9 Å². The zero-order valence-corrected chi connectivity index (χ0v) is 17.7. The second-order valence-electron chi connectivity index (χ2n) is 7.52. The largest absolute Gasteiger partial charge is 0.493 e. The second-order valence-corrected chi connectivity index (χ2v) is 7.52. The Morgan fingerprint density at radius 1 is 1.11 bits per heavy atom. The van der Waals surface area contributed by atoms with Crippen LogP contribution in [0.5, 0.6) is 11.5 Å². The number of terminal acetylenes is 1. The number of amides is 1. The van der Waals surface area contributed by atoms with Gasteiger partial charge in [0.15, 0.2) is 18.0 Å². The van der Waals surface area contributed by atoms with Gasteiger partial charge in [0.25, 0.3) is 5.91 Å². The van der Waals surface area contributed by atoms with Gasteiger partial charge >= 0.3 is 0 Å². The number of quaternary nitrogens is 2. The van der Waals surface area contributed by atoms with Gasteiger partial charge in [-0.25, -0.2) is 0 Å². The maximum Gasteiger partial charge on any atom is 0.276 e. The summed E-state index contributed by atoms with van der Waals surface area (Å²) >= 11 is 0. The number of nitrogens with one attached hydrogen (secondary N) is 3. The topological polar surface area (TPSA) is 56.4 Å². The molecular weight excluding hydrogens is 354 g/mol. The van der Waals surface area contributed by atoms with E-state index in [2.05, 4.69) is 17.3 Å². The van der Waals surface area contributed by atoms with Crippen molar-refractivity contribution >= 4 is 5.91 Å². The van der Waals surface area contributed by atoms with E-state index in [0.717, 1.165) is 57.1 Å². The third-order valence-corrected chi connectivity index (χ3v) is 5.84. The fraction of sp³-hybridized carbons (Fsp3) is 0.591. The first kappa shape index (κ1) is 22.1. The fourth-order valence-corrected chi connectivity index (χ4v) is 3.80. The molecule has 0 spiro atoms. The summed E-state index contributed by atoms with van der Waals surface area (Å²) in [4.78, 5) is 15.3. The number of rotatable bonds is 9. The molecule has 6 nitrogen and oxygen atoms in total.